The van der Waals surface area contributed by atoms with Gasteiger partial charge in [-0.1, -0.05) is 20.3 Å². The normalized spacial score (nSPS) is 14.1. The molecule has 1 amide bonds. The molecule has 1 N–H and O–H groups in total. The summed E-state index contributed by atoms with van der Waals surface area (Å²) >= 11 is 0. The summed E-state index contributed by atoms with van der Waals surface area (Å²) in [5.41, 5.74) is 0. The number of ether oxygens (including phenoxy) is 1. The van der Waals surface area contributed by atoms with E-state index in [0.29, 0.717) is 5.92 Å². The van der Waals surface area contributed by atoms with Gasteiger partial charge in [0.15, 0.2) is 0 Å². The lowest BCUT2D eigenvalue weighted by Gasteiger charge is -2.16. The van der Waals surface area contributed by atoms with Gasteiger partial charge in [0, 0.05) is 6.04 Å². The van der Waals surface area contributed by atoms with Gasteiger partial charge in [-0.2, -0.15) is 0 Å². The Hall–Kier alpha value is -1.06. The van der Waals surface area contributed by atoms with E-state index in [-0.39, 0.29) is 12.6 Å². The Kier molecular flexibility index (Phi) is 6.75. The standard InChI is InChI=1S/C11H21NO3/c1-5-8(3)7-9(4)12-10(13)11(14)15-6-2/h8-9H,5-7H2,1-4H3,(H,12,13). The average molecular weight is 215 g/mol. The van der Waals surface area contributed by atoms with Crippen LogP contribution in [0.2, 0.25) is 0 Å². The van der Waals surface area contributed by atoms with E-state index in [1.807, 2.05) is 6.92 Å². The van der Waals surface area contributed by atoms with E-state index in [1.165, 1.54) is 0 Å². The van der Waals surface area contributed by atoms with E-state index in [0.717, 1.165) is 12.8 Å². The number of hydrogen-bond donors (Lipinski definition) is 1. The fourth-order valence-electron chi connectivity index (χ4n) is 1.31. The van der Waals surface area contributed by atoms with E-state index < -0.39 is 11.9 Å². The van der Waals surface area contributed by atoms with Crippen LogP contribution in [-0.2, 0) is 14.3 Å². The second-order valence-electron chi connectivity index (χ2n) is 3.84. The fourth-order valence-corrected chi connectivity index (χ4v) is 1.31. The van der Waals surface area contributed by atoms with Gasteiger partial charge in [0.25, 0.3) is 0 Å². The molecule has 4 heteroatoms. The van der Waals surface area contributed by atoms with Gasteiger partial charge in [-0.05, 0) is 26.2 Å². The summed E-state index contributed by atoms with van der Waals surface area (Å²) in [6.07, 6.45) is 1.95. The molecule has 0 heterocycles. The largest absolute Gasteiger partial charge is 0.459 e. The Morgan fingerprint density at radius 2 is 1.87 bits per heavy atom. The first-order chi connectivity index (χ1) is 7.01. The van der Waals surface area contributed by atoms with Gasteiger partial charge < -0.3 is 10.1 Å². The maximum atomic E-state index is 11.2. The first kappa shape index (κ1) is 13.9. The van der Waals surface area contributed by atoms with Crippen molar-refractivity contribution in [2.45, 2.75) is 46.6 Å². The van der Waals surface area contributed by atoms with Crippen molar-refractivity contribution in [2.75, 3.05) is 6.61 Å². The first-order valence-corrected chi connectivity index (χ1v) is 5.48. The summed E-state index contributed by atoms with van der Waals surface area (Å²) in [7, 11) is 0. The third kappa shape index (κ3) is 6.10. The zero-order valence-electron chi connectivity index (χ0n) is 10.0. The molecule has 0 radical (unpaired) electrons. The van der Waals surface area contributed by atoms with Crippen molar-refractivity contribution in [3.8, 4) is 0 Å². The Morgan fingerprint density at radius 3 is 2.33 bits per heavy atom. The molecule has 2 atom stereocenters. The number of carbonyl (C=O) groups is 2. The van der Waals surface area contributed by atoms with Crippen LogP contribution in [0.5, 0.6) is 0 Å². The molecule has 0 aromatic heterocycles. The number of esters is 1. The van der Waals surface area contributed by atoms with Crippen molar-refractivity contribution in [3.05, 3.63) is 0 Å². The molecule has 0 aromatic rings. The fraction of sp³-hybridized carbons (Fsp3) is 0.818. The van der Waals surface area contributed by atoms with Gasteiger partial charge in [-0.15, -0.1) is 0 Å². The molecule has 0 aliphatic heterocycles. The van der Waals surface area contributed by atoms with Gasteiger partial charge in [0.1, 0.15) is 0 Å². The van der Waals surface area contributed by atoms with Crippen molar-refractivity contribution < 1.29 is 14.3 Å². The Morgan fingerprint density at radius 1 is 1.27 bits per heavy atom. The van der Waals surface area contributed by atoms with Crippen LogP contribution < -0.4 is 5.32 Å². The highest BCUT2D eigenvalue weighted by molar-refractivity contribution is 6.32. The minimum absolute atomic E-state index is 0.0110. The minimum Gasteiger partial charge on any atom is -0.459 e. The molecule has 88 valence electrons. The summed E-state index contributed by atoms with van der Waals surface area (Å²) in [6.45, 7) is 8.01. The molecular formula is C11H21NO3. The van der Waals surface area contributed by atoms with E-state index in [2.05, 4.69) is 23.9 Å². The third-order valence-corrected chi connectivity index (χ3v) is 2.29. The van der Waals surface area contributed by atoms with Crippen molar-refractivity contribution in [3.63, 3.8) is 0 Å². The topological polar surface area (TPSA) is 55.4 Å². The first-order valence-electron chi connectivity index (χ1n) is 5.48. The van der Waals surface area contributed by atoms with Crippen molar-refractivity contribution in [1.82, 2.24) is 5.32 Å². The summed E-state index contributed by atoms with van der Waals surface area (Å²) in [6, 6.07) is 0.0110. The SMILES string of the molecule is CCOC(=O)C(=O)NC(C)CC(C)CC. The van der Waals surface area contributed by atoms with E-state index in [9.17, 15) is 9.59 Å². The Bertz CT molecular complexity index is 216. The van der Waals surface area contributed by atoms with Crippen LogP contribution in [0, 0.1) is 5.92 Å². The number of rotatable bonds is 5. The maximum Gasteiger partial charge on any atom is 0.396 e. The van der Waals surface area contributed by atoms with Crippen LogP contribution in [0.25, 0.3) is 0 Å². The zero-order chi connectivity index (χ0) is 11.8. The third-order valence-electron chi connectivity index (χ3n) is 2.29. The molecule has 0 aliphatic rings. The molecule has 0 aromatic carbocycles. The van der Waals surface area contributed by atoms with Gasteiger partial charge in [0.2, 0.25) is 0 Å². The van der Waals surface area contributed by atoms with Crippen LogP contribution in [0.4, 0.5) is 0 Å². The molecule has 0 spiro atoms. The Balaban J connectivity index is 3.90. The summed E-state index contributed by atoms with van der Waals surface area (Å²) in [4.78, 5) is 22.2. The number of nitrogens with one attached hydrogen (secondary N) is 1. The molecule has 4 nitrogen and oxygen atoms in total. The van der Waals surface area contributed by atoms with E-state index in [4.69, 9.17) is 0 Å². The molecule has 0 rings (SSSR count). The predicted octanol–water partition coefficient (Wildman–Crippen LogP) is 1.49. The minimum atomic E-state index is -0.798. The van der Waals surface area contributed by atoms with Crippen molar-refractivity contribution in [2.24, 2.45) is 5.92 Å². The molecule has 0 saturated carbocycles. The molecule has 0 saturated heterocycles. The molecule has 15 heavy (non-hydrogen) atoms. The quantitative estimate of drug-likeness (QED) is 0.558. The molecule has 2 unspecified atom stereocenters. The second-order valence-corrected chi connectivity index (χ2v) is 3.84. The smallest absolute Gasteiger partial charge is 0.396 e. The monoisotopic (exact) mass is 215 g/mol. The van der Waals surface area contributed by atoms with Crippen molar-refractivity contribution >= 4 is 11.9 Å². The van der Waals surface area contributed by atoms with E-state index in [1.54, 1.807) is 6.92 Å². The predicted molar refractivity (Wildman–Crippen MR) is 58.3 cm³/mol. The molecule has 0 aliphatic carbocycles. The highest BCUT2D eigenvalue weighted by Crippen LogP contribution is 2.09. The summed E-state index contributed by atoms with van der Waals surface area (Å²) < 4.78 is 4.58. The molecular weight excluding hydrogens is 194 g/mol. The second kappa shape index (κ2) is 7.26. The van der Waals surface area contributed by atoms with Crippen LogP contribution in [0.15, 0.2) is 0 Å². The molecule has 0 bridgehead atoms. The Labute approximate surface area is 91.4 Å². The summed E-state index contributed by atoms with van der Waals surface area (Å²) in [5, 5.41) is 2.62. The highest BCUT2D eigenvalue weighted by Gasteiger charge is 2.17. The molecule has 0 fully saturated rings. The van der Waals surface area contributed by atoms with Crippen LogP contribution in [-0.4, -0.2) is 24.5 Å². The van der Waals surface area contributed by atoms with Gasteiger partial charge in [0.05, 0.1) is 6.61 Å². The van der Waals surface area contributed by atoms with Crippen LogP contribution >= 0.6 is 0 Å². The lowest BCUT2D eigenvalue weighted by atomic mass is 10.0. The van der Waals surface area contributed by atoms with Crippen LogP contribution in [0.1, 0.15) is 40.5 Å². The highest BCUT2D eigenvalue weighted by atomic mass is 16.5. The maximum absolute atomic E-state index is 11.2. The van der Waals surface area contributed by atoms with Gasteiger partial charge in [-0.3, -0.25) is 4.79 Å². The number of amides is 1. The average Bonchev–Trinajstić information content (AvgIpc) is 2.17. The number of hydrogen-bond acceptors (Lipinski definition) is 3. The van der Waals surface area contributed by atoms with Gasteiger partial charge >= 0.3 is 11.9 Å². The number of carbonyl (C=O) groups excluding carboxylic acids is 2. The van der Waals surface area contributed by atoms with Gasteiger partial charge in [-0.25, -0.2) is 4.79 Å². The zero-order valence-corrected chi connectivity index (χ0v) is 10.0. The lowest BCUT2D eigenvalue weighted by molar-refractivity contribution is -0.154. The van der Waals surface area contributed by atoms with E-state index >= 15 is 0 Å². The lowest BCUT2D eigenvalue weighted by Crippen LogP contribution is -2.39. The van der Waals surface area contributed by atoms with Crippen molar-refractivity contribution in [1.29, 1.82) is 0 Å². The summed E-state index contributed by atoms with van der Waals surface area (Å²) in [5.74, 6) is -0.899. The van der Waals surface area contributed by atoms with Crippen LogP contribution in [0.3, 0.4) is 0 Å².